The van der Waals surface area contributed by atoms with Crippen molar-refractivity contribution in [2.24, 2.45) is 10.9 Å². The number of anilines is 1. The molecule has 47 heavy (non-hydrogen) atoms. The van der Waals surface area contributed by atoms with E-state index in [1.54, 1.807) is 35.2 Å². The van der Waals surface area contributed by atoms with Crippen LogP contribution in [0.25, 0.3) is 11.0 Å². The van der Waals surface area contributed by atoms with Crippen LogP contribution < -0.4 is 10.6 Å². The molecule has 4 heterocycles. The minimum absolute atomic E-state index is 0.0287. The summed E-state index contributed by atoms with van der Waals surface area (Å²) in [7, 11) is -3.65. The van der Waals surface area contributed by atoms with Crippen molar-refractivity contribution in [3.8, 4) is 0 Å². The van der Waals surface area contributed by atoms with E-state index in [0.29, 0.717) is 31.5 Å². The first-order valence-electron chi connectivity index (χ1n) is 16.4. The Bertz CT molecular complexity index is 1740. The number of piperidine rings is 1. The SMILES string of the molecule is Cc1cc2cc(NC(=NC3CCCCN(CC(=O)N4CCCC4)C3=O)NC(=O)C3CCN(S(=O)(=O)c4ccccc4)CC3)ccc2o1. The lowest BCUT2D eigenvalue weighted by molar-refractivity contribution is -0.140. The number of sulfonamides is 1. The van der Waals surface area contributed by atoms with E-state index in [4.69, 9.17) is 9.41 Å². The van der Waals surface area contributed by atoms with Crippen molar-refractivity contribution >= 4 is 50.4 Å². The predicted molar refractivity (Wildman–Crippen MR) is 178 cm³/mol. The van der Waals surface area contributed by atoms with Gasteiger partial charge in [0.05, 0.1) is 11.4 Å². The average molecular weight is 663 g/mol. The van der Waals surface area contributed by atoms with Crippen LogP contribution in [0.1, 0.15) is 50.7 Å². The molecule has 0 saturated carbocycles. The fourth-order valence-electron chi connectivity index (χ4n) is 6.55. The minimum atomic E-state index is -3.65. The largest absolute Gasteiger partial charge is 0.461 e. The van der Waals surface area contributed by atoms with Gasteiger partial charge >= 0.3 is 0 Å². The quantitative estimate of drug-likeness (QED) is 0.290. The topological polar surface area (TPSA) is 145 Å². The van der Waals surface area contributed by atoms with E-state index in [1.165, 1.54) is 4.31 Å². The fraction of sp³-hybridized carbons (Fsp3) is 0.471. The molecule has 12 nitrogen and oxygen atoms in total. The number of furan rings is 1. The van der Waals surface area contributed by atoms with E-state index in [0.717, 1.165) is 55.5 Å². The van der Waals surface area contributed by atoms with E-state index in [-0.39, 0.29) is 48.2 Å². The molecule has 1 atom stereocenters. The Morgan fingerprint density at radius 2 is 1.64 bits per heavy atom. The summed E-state index contributed by atoms with van der Waals surface area (Å²) in [5, 5.41) is 7.02. The summed E-state index contributed by atoms with van der Waals surface area (Å²) in [6, 6.07) is 15.0. The van der Waals surface area contributed by atoms with Crippen molar-refractivity contribution in [3.63, 3.8) is 0 Å². The molecule has 3 amide bonds. The second kappa shape index (κ2) is 14.3. The Morgan fingerprint density at radius 1 is 0.915 bits per heavy atom. The van der Waals surface area contributed by atoms with Crippen molar-refractivity contribution in [1.82, 2.24) is 19.4 Å². The van der Waals surface area contributed by atoms with Gasteiger partial charge in [0.25, 0.3) is 0 Å². The van der Waals surface area contributed by atoms with Gasteiger partial charge in [-0.15, -0.1) is 0 Å². The van der Waals surface area contributed by atoms with Crippen LogP contribution in [-0.4, -0.2) is 91.5 Å². The van der Waals surface area contributed by atoms with Crippen molar-refractivity contribution in [1.29, 1.82) is 0 Å². The Morgan fingerprint density at radius 3 is 2.38 bits per heavy atom. The molecular formula is C34H42N6O6S. The number of aryl methyl sites for hydroxylation is 1. The number of aliphatic imine (C=N–C) groups is 1. The first-order valence-corrected chi connectivity index (χ1v) is 17.9. The minimum Gasteiger partial charge on any atom is -0.461 e. The van der Waals surface area contributed by atoms with Crippen molar-refractivity contribution in [2.75, 3.05) is 44.6 Å². The van der Waals surface area contributed by atoms with Gasteiger partial charge in [-0.1, -0.05) is 18.2 Å². The molecule has 0 bridgehead atoms. The van der Waals surface area contributed by atoms with E-state index < -0.39 is 22.0 Å². The van der Waals surface area contributed by atoms with Gasteiger partial charge in [0.15, 0.2) is 0 Å². The van der Waals surface area contributed by atoms with E-state index in [1.807, 2.05) is 36.1 Å². The van der Waals surface area contributed by atoms with Crippen LogP contribution in [0.5, 0.6) is 0 Å². The zero-order valence-corrected chi connectivity index (χ0v) is 27.5. The summed E-state index contributed by atoms with van der Waals surface area (Å²) < 4.78 is 33.4. The molecule has 6 rings (SSSR count). The maximum atomic E-state index is 13.7. The molecule has 3 aliphatic heterocycles. The number of hydrogen-bond donors (Lipinski definition) is 2. The summed E-state index contributed by atoms with van der Waals surface area (Å²) in [6.07, 6.45) is 4.66. The molecule has 1 aromatic heterocycles. The maximum Gasteiger partial charge on any atom is 0.247 e. The number of fused-ring (bicyclic) bond motifs is 1. The Labute approximate surface area is 275 Å². The van der Waals surface area contributed by atoms with Crippen LogP contribution >= 0.6 is 0 Å². The molecule has 1 unspecified atom stereocenters. The smallest absolute Gasteiger partial charge is 0.247 e. The highest BCUT2D eigenvalue weighted by Crippen LogP contribution is 2.26. The number of carbonyl (C=O) groups excluding carboxylic acids is 3. The molecule has 13 heteroatoms. The number of carbonyl (C=O) groups is 3. The van der Waals surface area contributed by atoms with Crippen LogP contribution in [0.15, 0.2) is 68.9 Å². The van der Waals surface area contributed by atoms with Gasteiger partial charge in [0, 0.05) is 49.7 Å². The van der Waals surface area contributed by atoms with Gasteiger partial charge in [0.2, 0.25) is 33.7 Å². The summed E-state index contributed by atoms with van der Waals surface area (Å²) >= 11 is 0. The first-order chi connectivity index (χ1) is 22.7. The Balaban J connectivity index is 1.19. The number of hydrogen-bond acceptors (Lipinski definition) is 7. The lowest BCUT2D eigenvalue weighted by atomic mass is 9.97. The van der Waals surface area contributed by atoms with E-state index in [9.17, 15) is 22.8 Å². The lowest BCUT2D eigenvalue weighted by Crippen LogP contribution is -2.47. The zero-order valence-electron chi connectivity index (χ0n) is 26.7. The molecular weight excluding hydrogens is 620 g/mol. The van der Waals surface area contributed by atoms with Gasteiger partial charge in [0.1, 0.15) is 17.4 Å². The monoisotopic (exact) mass is 662 g/mol. The van der Waals surface area contributed by atoms with Crippen molar-refractivity contribution < 1.29 is 27.2 Å². The Kier molecular flexibility index (Phi) is 9.92. The van der Waals surface area contributed by atoms with Crippen LogP contribution in [0.3, 0.4) is 0 Å². The molecule has 0 radical (unpaired) electrons. The zero-order chi connectivity index (χ0) is 33.0. The summed E-state index contributed by atoms with van der Waals surface area (Å²) in [5.74, 6) is -0.106. The normalized spacial score (nSPS) is 20.4. The predicted octanol–water partition coefficient (Wildman–Crippen LogP) is 3.73. The van der Waals surface area contributed by atoms with Crippen LogP contribution in [0, 0.1) is 12.8 Å². The van der Waals surface area contributed by atoms with Gasteiger partial charge < -0.3 is 19.5 Å². The number of likely N-dealkylation sites (tertiary alicyclic amines) is 2. The number of benzene rings is 2. The molecule has 250 valence electrons. The highest BCUT2D eigenvalue weighted by atomic mass is 32.2. The second-order valence-corrected chi connectivity index (χ2v) is 14.5. The van der Waals surface area contributed by atoms with Gasteiger partial charge in [-0.05, 0) is 88.3 Å². The lowest BCUT2D eigenvalue weighted by Gasteiger charge is -2.30. The average Bonchev–Trinajstić information content (AvgIpc) is 3.71. The number of nitrogens with one attached hydrogen (secondary N) is 2. The van der Waals surface area contributed by atoms with E-state index >= 15 is 0 Å². The van der Waals surface area contributed by atoms with Gasteiger partial charge in [-0.2, -0.15) is 4.31 Å². The second-order valence-electron chi connectivity index (χ2n) is 12.6. The highest BCUT2D eigenvalue weighted by Gasteiger charge is 2.34. The molecule has 0 spiro atoms. The van der Waals surface area contributed by atoms with E-state index in [2.05, 4.69) is 10.6 Å². The van der Waals surface area contributed by atoms with Crippen molar-refractivity contribution in [3.05, 3.63) is 60.4 Å². The number of amides is 3. The maximum absolute atomic E-state index is 13.7. The van der Waals surface area contributed by atoms with Crippen molar-refractivity contribution in [2.45, 2.75) is 62.8 Å². The highest BCUT2D eigenvalue weighted by molar-refractivity contribution is 7.89. The molecule has 3 aromatic rings. The summed E-state index contributed by atoms with van der Waals surface area (Å²) in [5.41, 5.74) is 1.38. The molecule has 2 N–H and O–H groups in total. The molecule has 3 saturated heterocycles. The third-order valence-corrected chi connectivity index (χ3v) is 11.1. The van der Waals surface area contributed by atoms with Gasteiger partial charge in [-0.25, -0.2) is 13.4 Å². The molecule has 0 aliphatic carbocycles. The fourth-order valence-corrected chi connectivity index (χ4v) is 8.04. The molecule has 3 aliphatic rings. The van der Waals surface area contributed by atoms with Crippen LogP contribution in [-0.2, 0) is 24.4 Å². The number of guanidine groups is 1. The van der Waals surface area contributed by atoms with Gasteiger partial charge in [-0.3, -0.25) is 19.7 Å². The summed E-state index contributed by atoms with van der Waals surface area (Å²) in [4.78, 5) is 48.7. The first kappa shape index (κ1) is 32.7. The third-order valence-electron chi connectivity index (χ3n) is 9.17. The third kappa shape index (κ3) is 7.68. The Hall–Kier alpha value is -4.23. The summed E-state index contributed by atoms with van der Waals surface area (Å²) in [6.45, 7) is 4.26. The standard InChI is InChI=1S/C34H42N6O6S/c1-24-21-26-22-27(12-13-30(26)46-24)35-34(36-29-11-5-6-18-39(33(29)43)23-31(41)38-16-7-8-17-38)37-32(42)25-14-19-40(20-15-25)47(44,45)28-9-3-2-4-10-28/h2-4,9-10,12-13,21-22,25,29H,5-8,11,14-20,23H2,1H3,(H2,35,36,37,42). The van der Waals surface area contributed by atoms with Crippen LogP contribution in [0.4, 0.5) is 5.69 Å². The van der Waals surface area contributed by atoms with Crippen LogP contribution in [0.2, 0.25) is 0 Å². The number of rotatable bonds is 7. The number of nitrogens with zero attached hydrogens (tertiary/aromatic N) is 4. The molecule has 2 aromatic carbocycles. The molecule has 3 fully saturated rings.